The lowest BCUT2D eigenvalue weighted by molar-refractivity contribution is -0.142. The molecule has 0 spiro atoms. The van der Waals surface area contributed by atoms with E-state index in [1.807, 2.05) is 13.0 Å². The molecule has 0 aliphatic heterocycles. The summed E-state index contributed by atoms with van der Waals surface area (Å²) in [6.07, 6.45) is 6.16. The number of nitrogens with zero attached hydrogens (tertiary/aromatic N) is 1. The zero-order valence-electron chi connectivity index (χ0n) is 12.1. The lowest BCUT2D eigenvalue weighted by atomic mass is 9.86. The van der Waals surface area contributed by atoms with Crippen molar-refractivity contribution in [1.29, 1.82) is 0 Å². The zero-order chi connectivity index (χ0) is 15.2. The van der Waals surface area contributed by atoms with E-state index >= 15 is 0 Å². The van der Waals surface area contributed by atoms with Crippen molar-refractivity contribution in [2.45, 2.75) is 45.2 Å². The first-order chi connectivity index (χ1) is 10.1. The molecule has 1 fully saturated rings. The Labute approximate surface area is 124 Å². The van der Waals surface area contributed by atoms with E-state index < -0.39 is 5.97 Å². The maximum absolute atomic E-state index is 11.9. The summed E-state index contributed by atoms with van der Waals surface area (Å²) in [5, 5.41) is 14.7. The number of rotatable bonds is 4. The van der Waals surface area contributed by atoms with Crippen LogP contribution in [0.5, 0.6) is 0 Å². The maximum atomic E-state index is 11.9. The number of aliphatic carboxylic acids is 1. The molecule has 2 rings (SSSR count). The van der Waals surface area contributed by atoms with Crippen molar-refractivity contribution in [2.75, 3.05) is 0 Å². The first-order valence-electron chi connectivity index (χ1n) is 7.23. The minimum Gasteiger partial charge on any atom is -0.481 e. The smallest absolute Gasteiger partial charge is 0.315 e. The van der Waals surface area contributed by atoms with Gasteiger partial charge in [-0.15, -0.1) is 0 Å². The van der Waals surface area contributed by atoms with Crippen LogP contribution in [-0.2, 0) is 11.3 Å². The molecule has 3 N–H and O–H groups in total. The van der Waals surface area contributed by atoms with Gasteiger partial charge >= 0.3 is 12.0 Å². The summed E-state index contributed by atoms with van der Waals surface area (Å²) in [5.74, 6) is -0.992. The zero-order valence-corrected chi connectivity index (χ0v) is 12.1. The Balaban J connectivity index is 1.73. The Morgan fingerprint density at radius 3 is 2.67 bits per heavy atom. The van der Waals surface area contributed by atoms with E-state index in [0.29, 0.717) is 19.4 Å². The van der Waals surface area contributed by atoms with E-state index in [2.05, 4.69) is 15.6 Å². The number of urea groups is 1. The van der Waals surface area contributed by atoms with Gasteiger partial charge in [0.1, 0.15) is 0 Å². The highest BCUT2D eigenvalue weighted by Gasteiger charge is 2.26. The number of carboxylic acid groups (broad SMARTS) is 1. The standard InChI is InChI=1S/C15H21N3O3/c1-10-6-7-16-8-12(10)9-17-15(21)18-13-4-2-11(3-5-13)14(19)20/h6-8,11,13H,2-5,9H2,1H3,(H,19,20)(H2,17,18,21). The molecule has 114 valence electrons. The van der Waals surface area contributed by atoms with Crippen LogP contribution in [-0.4, -0.2) is 28.1 Å². The third kappa shape index (κ3) is 4.44. The molecule has 0 bridgehead atoms. The molecular formula is C15H21N3O3. The van der Waals surface area contributed by atoms with Gasteiger partial charge in [-0.25, -0.2) is 4.79 Å². The van der Waals surface area contributed by atoms with Gasteiger partial charge < -0.3 is 15.7 Å². The quantitative estimate of drug-likeness (QED) is 0.789. The van der Waals surface area contributed by atoms with Crippen LogP contribution in [0.3, 0.4) is 0 Å². The minimum atomic E-state index is -0.732. The molecule has 6 nitrogen and oxygen atoms in total. The topological polar surface area (TPSA) is 91.3 Å². The predicted octanol–water partition coefficient (Wildman–Crippen LogP) is 1.83. The van der Waals surface area contributed by atoms with Gasteiger partial charge in [-0.3, -0.25) is 9.78 Å². The second-order valence-electron chi connectivity index (χ2n) is 5.52. The van der Waals surface area contributed by atoms with Crippen molar-refractivity contribution in [3.05, 3.63) is 29.6 Å². The molecule has 1 heterocycles. The van der Waals surface area contributed by atoms with Crippen LogP contribution < -0.4 is 10.6 Å². The third-order valence-corrected chi connectivity index (χ3v) is 4.00. The molecule has 0 saturated heterocycles. The molecule has 1 aliphatic rings. The van der Waals surface area contributed by atoms with Crippen molar-refractivity contribution < 1.29 is 14.7 Å². The van der Waals surface area contributed by atoms with E-state index in [9.17, 15) is 9.59 Å². The van der Waals surface area contributed by atoms with Crippen LogP contribution in [0.2, 0.25) is 0 Å². The monoisotopic (exact) mass is 291 g/mol. The summed E-state index contributed by atoms with van der Waals surface area (Å²) < 4.78 is 0. The fourth-order valence-corrected chi connectivity index (χ4v) is 2.58. The van der Waals surface area contributed by atoms with Gasteiger partial charge in [-0.05, 0) is 49.8 Å². The summed E-state index contributed by atoms with van der Waals surface area (Å²) in [5.41, 5.74) is 2.08. The van der Waals surface area contributed by atoms with Crippen LogP contribution in [0.25, 0.3) is 0 Å². The highest BCUT2D eigenvalue weighted by Crippen LogP contribution is 2.24. The van der Waals surface area contributed by atoms with Crippen molar-refractivity contribution in [1.82, 2.24) is 15.6 Å². The van der Waals surface area contributed by atoms with Gasteiger partial charge in [-0.2, -0.15) is 0 Å². The SMILES string of the molecule is Cc1ccncc1CNC(=O)NC1CCC(C(=O)O)CC1. The molecule has 6 heteroatoms. The van der Waals surface area contributed by atoms with E-state index in [-0.39, 0.29) is 18.0 Å². The van der Waals surface area contributed by atoms with E-state index in [1.165, 1.54) is 0 Å². The number of carboxylic acids is 1. The van der Waals surface area contributed by atoms with Crippen LogP contribution in [0.15, 0.2) is 18.5 Å². The second-order valence-corrected chi connectivity index (χ2v) is 5.52. The third-order valence-electron chi connectivity index (χ3n) is 4.00. The first kappa shape index (κ1) is 15.3. The Morgan fingerprint density at radius 1 is 1.33 bits per heavy atom. The highest BCUT2D eigenvalue weighted by atomic mass is 16.4. The second kappa shape index (κ2) is 7.06. The number of pyridine rings is 1. The van der Waals surface area contributed by atoms with Crippen molar-refractivity contribution in [2.24, 2.45) is 5.92 Å². The van der Waals surface area contributed by atoms with Gasteiger partial charge in [0.15, 0.2) is 0 Å². The number of aromatic nitrogens is 1. The number of carbonyl (C=O) groups excluding carboxylic acids is 1. The number of carbonyl (C=O) groups is 2. The van der Waals surface area contributed by atoms with E-state index in [0.717, 1.165) is 24.0 Å². The van der Waals surface area contributed by atoms with E-state index in [4.69, 9.17) is 5.11 Å². The largest absolute Gasteiger partial charge is 0.481 e. The van der Waals surface area contributed by atoms with Gasteiger partial charge in [-0.1, -0.05) is 0 Å². The summed E-state index contributed by atoms with van der Waals surface area (Å²) in [4.78, 5) is 26.8. The molecule has 1 aliphatic carbocycles. The average molecular weight is 291 g/mol. The minimum absolute atomic E-state index is 0.0654. The number of amides is 2. The van der Waals surface area contributed by atoms with Crippen LogP contribution in [0.4, 0.5) is 4.79 Å². The Hall–Kier alpha value is -2.11. The van der Waals surface area contributed by atoms with Crippen molar-refractivity contribution in [3.63, 3.8) is 0 Å². The Bertz CT molecular complexity index is 511. The summed E-state index contributed by atoms with van der Waals surface area (Å²) in [6, 6.07) is 1.76. The number of hydrogen-bond acceptors (Lipinski definition) is 3. The molecule has 1 aromatic heterocycles. The Morgan fingerprint density at radius 2 is 2.05 bits per heavy atom. The van der Waals surface area contributed by atoms with Crippen LogP contribution in [0.1, 0.15) is 36.8 Å². The molecule has 2 amide bonds. The molecule has 0 unspecified atom stereocenters. The lowest BCUT2D eigenvalue weighted by Crippen LogP contribution is -2.44. The average Bonchev–Trinajstić information content (AvgIpc) is 2.47. The molecule has 21 heavy (non-hydrogen) atoms. The Kier molecular flexibility index (Phi) is 5.14. The van der Waals surface area contributed by atoms with Crippen LogP contribution >= 0.6 is 0 Å². The predicted molar refractivity (Wildman–Crippen MR) is 77.7 cm³/mol. The normalized spacial score (nSPS) is 21.6. The van der Waals surface area contributed by atoms with Crippen molar-refractivity contribution in [3.8, 4) is 0 Å². The molecule has 1 saturated carbocycles. The lowest BCUT2D eigenvalue weighted by Gasteiger charge is -2.26. The first-order valence-corrected chi connectivity index (χ1v) is 7.23. The fraction of sp³-hybridized carbons (Fsp3) is 0.533. The van der Waals surface area contributed by atoms with Gasteiger partial charge in [0.2, 0.25) is 0 Å². The number of aryl methyl sites for hydroxylation is 1. The molecule has 0 radical (unpaired) electrons. The number of hydrogen-bond donors (Lipinski definition) is 3. The molecule has 0 atom stereocenters. The highest BCUT2D eigenvalue weighted by molar-refractivity contribution is 5.74. The molecule has 1 aromatic rings. The van der Waals surface area contributed by atoms with E-state index in [1.54, 1.807) is 12.4 Å². The maximum Gasteiger partial charge on any atom is 0.315 e. The van der Waals surface area contributed by atoms with Gasteiger partial charge in [0.25, 0.3) is 0 Å². The molecular weight excluding hydrogens is 270 g/mol. The van der Waals surface area contributed by atoms with Gasteiger partial charge in [0.05, 0.1) is 5.92 Å². The summed E-state index contributed by atoms with van der Waals surface area (Å²) >= 11 is 0. The van der Waals surface area contributed by atoms with Crippen LogP contribution in [0, 0.1) is 12.8 Å². The van der Waals surface area contributed by atoms with Gasteiger partial charge in [0, 0.05) is 25.0 Å². The summed E-state index contributed by atoms with van der Waals surface area (Å²) in [6.45, 7) is 2.42. The molecule has 0 aromatic carbocycles. The number of nitrogens with one attached hydrogen (secondary N) is 2. The summed E-state index contributed by atoms with van der Waals surface area (Å²) in [7, 11) is 0. The fourth-order valence-electron chi connectivity index (χ4n) is 2.58. The van der Waals surface area contributed by atoms with Crippen molar-refractivity contribution >= 4 is 12.0 Å².